The fourth-order valence-corrected chi connectivity index (χ4v) is 4.75. The predicted molar refractivity (Wildman–Crippen MR) is 137 cm³/mol. The van der Waals surface area contributed by atoms with Gasteiger partial charge in [-0.1, -0.05) is 24.3 Å². The third-order valence-corrected chi connectivity index (χ3v) is 6.28. The third kappa shape index (κ3) is 7.91. The largest absolute Gasteiger partial charge is 0.370 e. The van der Waals surface area contributed by atoms with Crippen molar-refractivity contribution in [3.63, 3.8) is 0 Å². The molecule has 2 atom stereocenters. The highest BCUT2D eigenvalue weighted by Crippen LogP contribution is 2.20. The molecule has 5 N–H and O–H groups in total. The van der Waals surface area contributed by atoms with Crippen LogP contribution in [0.4, 0.5) is 0 Å². The molecule has 2 heterocycles. The first kappa shape index (κ1) is 26.4. The number of nitrogens with two attached hydrogens (primary N) is 2. The van der Waals surface area contributed by atoms with Crippen molar-refractivity contribution in [3.05, 3.63) is 35.4 Å². The van der Waals surface area contributed by atoms with Gasteiger partial charge in [0, 0.05) is 46.2 Å². The lowest BCUT2D eigenvalue weighted by Gasteiger charge is -2.34. The number of nitrogens with one attached hydrogen (secondary N) is 1. The van der Waals surface area contributed by atoms with Crippen LogP contribution in [0.15, 0.2) is 29.3 Å². The lowest BCUT2D eigenvalue weighted by atomic mass is 9.95. The van der Waals surface area contributed by atoms with E-state index in [4.69, 9.17) is 11.5 Å². The Kier molecular flexibility index (Phi) is 10.7. The van der Waals surface area contributed by atoms with E-state index < -0.39 is 0 Å². The Morgan fingerprint density at radius 1 is 1.12 bits per heavy atom. The number of carbonyl (C=O) groups is 2. The summed E-state index contributed by atoms with van der Waals surface area (Å²) in [6.07, 6.45) is 4.41. The highest BCUT2D eigenvalue weighted by Gasteiger charge is 2.25. The fraction of sp³-hybridized carbons (Fsp3) is 0.609. The zero-order valence-electron chi connectivity index (χ0n) is 19.0. The standard InChI is InChI=1S/C23H36N6O2.HI/c1-26-23(29-10-3-7-19(15-29)12-21(24)30)27-13-17-5-2-6-18(11-17)14-28-9-4-8-20(16-28)22(25)31;/h2,5-6,11,19-20H,3-4,7-10,12-16H2,1H3,(H2,24,30)(H2,25,31)(H,26,27);1H. The highest BCUT2D eigenvalue weighted by molar-refractivity contribution is 14.0. The first-order valence-corrected chi connectivity index (χ1v) is 11.3. The number of hydrogen-bond acceptors (Lipinski definition) is 4. The van der Waals surface area contributed by atoms with Crippen LogP contribution >= 0.6 is 24.0 Å². The number of primary amides is 2. The molecular weight excluding hydrogens is 519 g/mol. The normalized spacial score (nSPS) is 22.2. The molecule has 0 saturated carbocycles. The second kappa shape index (κ2) is 13.0. The van der Waals surface area contributed by atoms with E-state index in [1.165, 1.54) is 11.1 Å². The number of amides is 2. The minimum absolute atomic E-state index is 0. The van der Waals surface area contributed by atoms with Gasteiger partial charge in [-0.3, -0.25) is 19.5 Å². The number of halogens is 1. The van der Waals surface area contributed by atoms with E-state index in [0.29, 0.717) is 18.9 Å². The molecule has 9 heteroatoms. The minimum Gasteiger partial charge on any atom is -0.370 e. The topological polar surface area (TPSA) is 117 Å². The van der Waals surface area contributed by atoms with E-state index in [1.54, 1.807) is 7.05 Å². The third-order valence-electron chi connectivity index (χ3n) is 6.28. The van der Waals surface area contributed by atoms with Gasteiger partial charge < -0.3 is 21.7 Å². The Hall–Kier alpha value is -1.88. The van der Waals surface area contributed by atoms with Crippen molar-refractivity contribution < 1.29 is 9.59 Å². The maximum Gasteiger partial charge on any atom is 0.221 e. The van der Waals surface area contributed by atoms with Crippen molar-refractivity contribution in [2.24, 2.45) is 28.3 Å². The van der Waals surface area contributed by atoms with Crippen molar-refractivity contribution in [2.45, 2.75) is 45.2 Å². The highest BCUT2D eigenvalue weighted by atomic mass is 127. The zero-order chi connectivity index (χ0) is 22.2. The van der Waals surface area contributed by atoms with E-state index in [9.17, 15) is 9.59 Å². The summed E-state index contributed by atoms with van der Waals surface area (Å²) in [6, 6.07) is 8.53. The predicted octanol–water partition coefficient (Wildman–Crippen LogP) is 1.66. The summed E-state index contributed by atoms with van der Waals surface area (Å²) in [5, 5.41) is 3.47. The van der Waals surface area contributed by atoms with E-state index in [1.807, 2.05) is 0 Å². The molecule has 32 heavy (non-hydrogen) atoms. The first-order chi connectivity index (χ1) is 14.9. The summed E-state index contributed by atoms with van der Waals surface area (Å²) in [5.41, 5.74) is 13.3. The second-order valence-corrected chi connectivity index (χ2v) is 8.82. The summed E-state index contributed by atoms with van der Waals surface area (Å²) in [4.78, 5) is 31.8. The van der Waals surface area contributed by atoms with Crippen molar-refractivity contribution >= 4 is 41.8 Å². The van der Waals surface area contributed by atoms with E-state index in [-0.39, 0.29) is 41.7 Å². The fourth-order valence-electron chi connectivity index (χ4n) is 4.75. The monoisotopic (exact) mass is 556 g/mol. The van der Waals surface area contributed by atoms with E-state index in [0.717, 1.165) is 64.4 Å². The molecule has 0 spiro atoms. The number of rotatable bonds is 7. The lowest BCUT2D eigenvalue weighted by molar-refractivity contribution is -0.123. The molecular formula is C23H37IN6O2. The summed E-state index contributed by atoms with van der Waals surface area (Å²) >= 11 is 0. The van der Waals surface area contributed by atoms with Gasteiger partial charge >= 0.3 is 0 Å². The van der Waals surface area contributed by atoms with Gasteiger partial charge in [-0.2, -0.15) is 0 Å². The Morgan fingerprint density at radius 2 is 1.88 bits per heavy atom. The molecule has 3 rings (SSSR count). The molecule has 0 aliphatic carbocycles. The Bertz CT molecular complexity index is 802. The van der Waals surface area contributed by atoms with Crippen LogP contribution in [0.25, 0.3) is 0 Å². The molecule has 2 unspecified atom stereocenters. The van der Waals surface area contributed by atoms with Gasteiger partial charge in [0.2, 0.25) is 11.8 Å². The van der Waals surface area contributed by atoms with Crippen LogP contribution in [-0.2, 0) is 22.7 Å². The number of aliphatic imine (C=N–C) groups is 1. The molecule has 8 nitrogen and oxygen atoms in total. The summed E-state index contributed by atoms with van der Waals surface area (Å²) in [5.74, 6) is 0.693. The zero-order valence-corrected chi connectivity index (χ0v) is 21.3. The number of likely N-dealkylation sites (tertiary alicyclic amines) is 2. The molecule has 0 radical (unpaired) electrons. The van der Waals surface area contributed by atoms with Gasteiger partial charge in [0.1, 0.15) is 0 Å². The van der Waals surface area contributed by atoms with Crippen LogP contribution in [0.2, 0.25) is 0 Å². The van der Waals surface area contributed by atoms with E-state index in [2.05, 4.69) is 44.4 Å². The Morgan fingerprint density at radius 3 is 2.59 bits per heavy atom. The number of benzene rings is 1. The van der Waals surface area contributed by atoms with Crippen LogP contribution < -0.4 is 16.8 Å². The second-order valence-electron chi connectivity index (χ2n) is 8.82. The van der Waals surface area contributed by atoms with Crippen molar-refractivity contribution in [1.29, 1.82) is 0 Å². The average Bonchev–Trinajstić information content (AvgIpc) is 2.74. The number of hydrogen-bond donors (Lipinski definition) is 3. The molecule has 2 aliphatic heterocycles. The molecule has 0 aromatic heterocycles. The smallest absolute Gasteiger partial charge is 0.221 e. The van der Waals surface area contributed by atoms with Crippen molar-refractivity contribution in [2.75, 3.05) is 33.2 Å². The quantitative estimate of drug-likeness (QED) is 0.269. The van der Waals surface area contributed by atoms with Crippen LogP contribution in [0, 0.1) is 11.8 Å². The van der Waals surface area contributed by atoms with Gasteiger partial charge in [0.25, 0.3) is 0 Å². The SMILES string of the molecule is CN=C(NCc1cccc(CN2CCCC(C(N)=O)C2)c1)N1CCCC(CC(N)=O)C1.I. The van der Waals surface area contributed by atoms with Crippen molar-refractivity contribution in [1.82, 2.24) is 15.1 Å². The van der Waals surface area contributed by atoms with Crippen LogP contribution in [-0.4, -0.2) is 60.8 Å². The molecule has 2 amide bonds. The maximum absolute atomic E-state index is 11.5. The molecule has 2 saturated heterocycles. The summed E-state index contributed by atoms with van der Waals surface area (Å²) < 4.78 is 0. The molecule has 1 aromatic carbocycles. The maximum atomic E-state index is 11.5. The lowest BCUT2D eigenvalue weighted by Crippen LogP contribution is -2.46. The molecule has 178 valence electrons. The van der Waals surface area contributed by atoms with Crippen molar-refractivity contribution in [3.8, 4) is 0 Å². The molecule has 2 aliphatic rings. The molecule has 0 bridgehead atoms. The number of guanidine groups is 1. The number of nitrogens with zero attached hydrogens (tertiary/aromatic N) is 3. The molecule has 2 fully saturated rings. The summed E-state index contributed by atoms with van der Waals surface area (Å²) in [6.45, 7) is 4.99. The van der Waals surface area contributed by atoms with Gasteiger partial charge in [-0.05, 0) is 49.3 Å². The average molecular weight is 556 g/mol. The van der Waals surface area contributed by atoms with Gasteiger partial charge in [-0.15, -0.1) is 24.0 Å². The number of carbonyl (C=O) groups excluding carboxylic acids is 2. The number of piperidine rings is 2. The summed E-state index contributed by atoms with van der Waals surface area (Å²) in [7, 11) is 1.79. The van der Waals surface area contributed by atoms with Crippen LogP contribution in [0.5, 0.6) is 0 Å². The Balaban J connectivity index is 0.00000363. The van der Waals surface area contributed by atoms with Gasteiger partial charge in [0.05, 0.1) is 5.92 Å². The van der Waals surface area contributed by atoms with Crippen LogP contribution in [0.3, 0.4) is 0 Å². The van der Waals surface area contributed by atoms with Gasteiger partial charge in [-0.25, -0.2) is 0 Å². The van der Waals surface area contributed by atoms with E-state index >= 15 is 0 Å². The molecule has 1 aromatic rings. The first-order valence-electron chi connectivity index (χ1n) is 11.3. The Labute approximate surface area is 208 Å². The minimum atomic E-state index is -0.234. The van der Waals surface area contributed by atoms with Crippen LogP contribution in [0.1, 0.15) is 43.2 Å². The van der Waals surface area contributed by atoms with Gasteiger partial charge in [0.15, 0.2) is 5.96 Å².